The molecule has 1 saturated heterocycles. The zero-order valence-corrected chi connectivity index (χ0v) is 13.5. The topological polar surface area (TPSA) is 41.3 Å². The van der Waals surface area contributed by atoms with Gasteiger partial charge in [-0.1, -0.05) is 38.3 Å². The van der Waals surface area contributed by atoms with Gasteiger partial charge in [-0.2, -0.15) is 0 Å². The van der Waals surface area contributed by atoms with Crippen molar-refractivity contribution >= 4 is 5.69 Å². The van der Waals surface area contributed by atoms with E-state index >= 15 is 0 Å². The van der Waals surface area contributed by atoms with Crippen LogP contribution in [0.5, 0.6) is 0 Å². The Bertz CT molecular complexity index is 382. The molecule has 3 heteroatoms. The van der Waals surface area contributed by atoms with Crippen LogP contribution in [0, 0.1) is 0 Å². The standard InChI is InChI=1S/C18H31N3/c1-2-3-7-17(19)14-20-18-10-8-16(9-11-18)15-21-12-5-4-6-13-21/h8-11,17,20H,2-7,12-15,19H2,1H3. The minimum atomic E-state index is 0.262. The monoisotopic (exact) mass is 289 g/mol. The molecule has 1 aliphatic heterocycles. The molecule has 3 N–H and O–H groups in total. The van der Waals surface area contributed by atoms with Crippen LogP contribution in [0.4, 0.5) is 5.69 Å². The number of anilines is 1. The van der Waals surface area contributed by atoms with E-state index in [0.29, 0.717) is 0 Å². The lowest BCUT2D eigenvalue weighted by molar-refractivity contribution is 0.221. The fourth-order valence-electron chi connectivity index (χ4n) is 2.92. The maximum Gasteiger partial charge on any atom is 0.0340 e. The number of hydrogen-bond donors (Lipinski definition) is 2. The van der Waals surface area contributed by atoms with Crippen LogP contribution in [0.1, 0.15) is 51.0 Å². The minimum Gasteiger partial charge on any atom is -0.383 e. The Hall–Kier alpha value is -1.06. The van der Waals surface area contributed by atoms with Crippen molar-refractivity contribution in [3.63, 3.8) is 0 Å². The first-order chi connectivity index (χ1) is 10.3. The summed E-state index contributed by atoms with van der Waals surface area (Å²) in [6.45, 7) is 6.68. The van der Waals surface area contributed by atoms with Gasteiger partial charge in [0.1, 0.15) is 0 Å². The third kappa shape index (κ3) is 6.06. The van der Waals surface area contributed by atoms with E-state index in [2.05, 4.69) is 41.4 Å². The Balaban J connectivity index is 1.73. The van der Waals surface area contributed by atoms with Gasteiger partial charge in [-0.25, -0.2) is 0 Å². The number of nitrogens with two attached hydrogens (primary N) is 1. The van der Waals surface area contributed by atoms with Crippen LogP contribution >= 0.6 is 0 Å². The second kappa shape index (κ2) is 9.06. The molecule has 1 aromatic rings. The van der Waals surface area contributed by atoms with Gasteiger partial charge in [-0.3, -0.25) is 4.90 Å². The average molecular weight is 289 g/mol. The van der Waals surface area contributed by atoms with Crippen molar-refractivity contribution in [3.8, 4) is 0 Å². The summed E-state index contributed by atoms with van der Waals surface area (Å²) in [7, 11) is 0. The lowest BCUT2D eigenvalue weighted by Crippen LogP contribution is -2.29. The molecule has 0 radical (unpaired) electrons. The summed E-state index contributed by atoms with van der Waals surface area (Å²) >= 11 is 0. The number of unbranched alkanes of at least 4 members (excludes halogenated alkanes) is 1. The van der Waals surface area contributed by atoms with Crippen molar-refractivity contribution in [1.29, 1.82) is 0 Å². The summed E-state index contributed by atoms with van der Waals surface area (Å²) in [5.41, 5.74) is 8.69. The van der Waals surface area contributed by atoms with E-state index in [1.807, 2.05) is 0 Å². The SMILES string of the molecule is CCCCC(N)CNc1ccc(CN2CCCCC2)cc1. The number of hydrogen-bond acceptors (Lipinski definition) is 3. The Morgan fingerprint density at radius 3 is 2.52 bits per heavy atom. The van der Waals surface area contributed by atoms with Crippen molar-refractivity contribution in [2.24, 2.45) is 5.73 Å². The second-order valence-corrected chi connectivity index (χ2v) is 6.32. The molecule has 1 fully saturated rings. The molecule has 1 unspecified atom stereocenters. The highest BCUT2D eigenvalue weighted by Gasteiger charge is 2.10. The first-order valence-electron chi connectivity index (χ1n) is 8.58. The molecule has 3 nitrogen and oxygen atoms in total. The number of likely N-dealkylation sites (tertiary alicyclic amines) is 1. The van der Waals surface area contributed by atoms with Crippen LogP contribution in [0.2, 0.25) is 0 Å². The summed E-state index contributed by atoms with van der Waals surface area (Å²) in [5, 5.41) is 3.45. The number of nitrogens with one attached hydrogen (secondary N) is 1. The van der Waals surface area contributed by atoms with Crippen molar-refractivity contribution < 1.29 is 0 Å². The van der Waals surface area contributed by atoms with Gasteiger partial charge in [-0.15, -0.1) is 0 Å². The molecule has 2 rings (SSSR count). The van der Waals surface area contributed by atoms with Gasteiger partial charge >= 0.3 is 0 Å². The molecule has 0 bridgehead atoms. The number of benzene rings is 1. The number of rotatable bonds is 8. The lowest BCUT2D eigenvalue weighted by atomic mass is 10.1. The Morgan fingerprint density at radius 2 is 1.86 bits per heavy atom. The molecule has 0 amide bonds. The van der Waals surface area contributed by atoms with E-state index in [9.17, 15) is 0 Å². The van der Waals surface area contributed by atoms with Crippen LogP contribution in [0.25, 0.3) is 0 Å². The zero-order valence-electron chi connectivity index (χ0n) is 13.5. The molecule has 118 valence electrons. The first-order valence-corrected chi connectivity index (χ1v) is 8.58. The third-order valence-corrected chi connectivity index (χ3v) is 4.31. The average Bonchev–Trinajstić information content (AvgIpc) is 2.53. The van der Waals surface area contributed by atoms with E-state index in [1.165, 1.54) is 56.4 Å². The van der Waals surface area contributed by atoms with E-state index in [-0.39, 0.29) is 6.04 Å². The summed E-state index contributed by atoms with van der Waals surface area (Å²) in [6.07, 6.45) is 7.66. The van der Waals surface area contributed by atoms with Crippen molar-refractivity contribution in [1.82, 2.24) is 4.90 Å². The Morgan fingerprint density at radius 1 is 1.14 bits per heavy atom. The van der Waals surface area contributed by atoms with Crippen molar-refractivity contribution in [3.05, 3.63) is 29.8 Å². The summed E-state index contributed by atoms with van der Waals surface area (Å²) in [5.74, 6) is 0. The zero-order chi connectivity index (χ0) is 14.9. The van der Waals surface area contributed by atoms with E-state index < -0.39 is 0 Å². The van der Waals surface area contributed by atoms with Gasteiger partial charge in [0.25, 0.3) is 0 Å². The van der Waals surface area contributed by atoms with Crippen LogP contribution in [-0.4, -0.2) is 30.6 Å². The predicted octanol–water partition coefficient (Wildman–Crippen LogP) is 3.60. The quantitative estimate of drug-likeness (QED) is 0.768. The van der Waals surface area contributed by atoms with E-state index in [4.69, 9.17) is 5.73 Å². The maximum atomic E-state index is 6.09. The summed E-state index contributed by atoms with van der Waals surface area (Å²) < 4.78 is 0. The van der Waals surface area contributed by atoms with Crippen LogP contribution in [0.15, 0.2) is 24.3 Å². The minimum absolute atomic E-state index is 0.262. The van der Waals surface area contributed by atoms with Gasteiger partial charge in [0.15, 0.2) is 0 Å². The fraction of sp³-hybridized carbons (Fsp3) is 0.667. The number of piperidine rings is 1. The molecule has 1 aromatic carbocycles. The third-order valence-electron chi connectivity index (χ3n) is 4.31. The first kappa shape index (κ1) is 16.3. The Labute approximate surface area is 129 Å². The molecule has 0 aromatic heterocycles. The highest BCUT2D eigenvalue weighted by molar-refractivity contribution is 5.44. The molecule has 0 aliphatic carbocycles. The fourth-order valence-corrected chi connectivity index (χ4v) is 2.92. The Kier molecular flexibility index (Phi) is 7.04. The van der Waals surface area contributed by atoms with Gasteiger partial charge in [0, 0.05) is 24.8 Å². The van der Waals surface area contributed by atoms with Gasteiger partial charge in [0.05, 0.1) is 0 Å². The molecular weight excluding hydrogens is 258 g/mol. The highest BCUT2D eigenvalue weighted by Crippen LogP contribution is 2.15. The highest BCUT2D eigenvalue weighted by atomic mass is 15.1. The molecule has 1 heterocycles. The second-order valence-electron chi connectivity index (χ2n) is 6.32. The van der Waals surface area contributed by atoms with Crippen LogP contribution in [-0.2, 0) is 6.54 Å². The molecule has 21 heavy (non-hydrogen) atoms. The van der Waals surface area contributed by atoms with Crippen LogP contribution in [0.3, 0.4) is 0 Å². The maximum absolute atomic E-state index is 6.09. The molecule has 1 aliphatic rings. The van der Waals surface area contributed by atoms with Gasteiger partial charge in [0.2, 0.25) is 0 Å². The molecule has 0 spiro atoms. The van der Waals surface area contributed by atoms with Gasteiger partial charge < -0.3 is 11.1 Å². The smallest absolute Gasteiger partial charge is 0.0340 e. The van der Waals surface area contributed by atoms with E-state index in [0.717, 1.165) is 19.5 Å². The van der Waals surface area contributed by atoms with Crippen LogP contribution < -0.4 is 11.1 Å². The van der Waals surface area contributed by atoms with Crippen molar-refractivity contribution in [2.45, 2.75) is 58.0 Å². The molecular formula is C18H31N3. The number of nitrogens with zero attached hydrogens (tertiary/aromatic N) is 1. The molecule has 1 atom stereocenters. The predicted molar refractivity (Wildman–Crippen MR) is 91.6 cm³/mol. The largest absolute Gasteiger partial charge is 0.383 e. The summed E-state index contributed by atoms with van der Waals surface area (Å²) in [4.78, 5) is 2.56. The van der Waals surface area contributed by atoms with E-state index in [1.54, 1.807) is 0 Å². The van der Waals surface area contributed by atoms with Crippen molar-refractivity contribution in [2.75, 3.05) is 25.0 Å². The lowest BCUT2D eigenvalue weighted by Gasteiger charge is -2.26. The molecule has 0 saturated carbocycles. The van der Waals surface area contributed by atoms with Gasteiger partial charge in [-0.05, 0) is 50.0 Å². The summed E-state index contributed by atoms with van der Waals surface area (Å²) in [6, 6.07) is 9.12. The normalized spacial score (nSPS) is 17.6.